The molecule has 0 aromatic carbocycles. The predicted molar refractivity (Wildman–Crippen MR) is 198 cm³/mol. The highest BCUT2D eigenvalue weighted by atomic mass is 31.2. The quantitative estimate of drug-likeness (QED) is 0.0295. The number of carbonyl (C=O) groups excluding carboxylic acids is 2. The molecule has 0 spiro atoms. The highest BCUT2D eigenvalue weighted by molar-refractivity contribution is 7.46. The minimum absolute atomic E-state index is 0.174. The molecule has 2 N–H and O–H groups in total. The Kier molecular flexibility index (Phi) is 33.4. The summed E-state index contributed by atoms with van der Waals surface area (Å²) in [7, 11) is -4.76. The monoisotopic (exact) mass is 696 g/mol. The lowest BCUT2D eigenvalue weighted by atomic mass is 10.0. The summed E-state index contributed by atoms with van der Waals surface area (Å²) in [5.41, 5.74) is 0. The van der Waals surface area contributed by atoms with Crippen molar-refractivity contribution in [3.05, 3.63) is 48.6 Å². The Morgan fingerprint density at radius 3 is 1.48 bits per heavy atom. The van der Waals surface area contributed by atoms with Crippen molar-refractivity contribution in [1.82, 2.24) is 0 Å². The zero-order valence-electron chi connectivity index (χ0n) is 30.4. The standard InChI is InChI=1S/C39H69O8P/c1-3-5-7-9-11-13-15-17-18-19-20-22-24-26-28-30-32-34-39(41)47-37(36-46-48(42,43)44)35-45-38(40)33-31-29-27-25-23-21-16-14-12-10-8-6-4-2/h7,9,13,15,18-19,22,24,37H,3-6,8,10-12,14,16-17,20-21,23,25-36H2,1-2H3,(H2,42,43,44)/b9-7+,15-13+,19-18+,24-22+/t37-/m1/s1. The van der Waals surface area contributed by atoms with Gasteiger partial charge in [-0.2, -0.15) is 0 Å². The number of ether oxygens (including phenoxy) is 2. The third-order valence-electron chi connectivity index (χ3n) is 7.83. The number of hydrogen-bond acceptors (Lipinski definition) is 6. The van der Waals surface area contributed by atoms with Crippen LogP contribution in [0.3, 0.4) is 0 Å². The summed E-state index contributed by atoms with van der Waals surface area (Å²) in [5.74, 6) is -0.921. The average Bonchev–Trinajstić information content (AvgIpc) is 3.05. The van der Waals surface area contributed by atoms with Gasteiger partial charge >= 0.3 is 19.8 Å². The third-order valence-corrected chi connectivity index (χ3v) is 8.32. The van der Waals surface area contributed by atoms with Gasteiger partial charge in [0, 0.05) is 12.8 Å². The number of unbranched alkanes of at least 4 members (excludes halogenated alkanes) is 16. The molecule has 0 rings (SSSR count). The van der Waals surface area contributed by atoms with Gasteiger partial charge in [-0.1, -0.05) is 152 Å². The van der Waals surface area contributed by atoms with E-state index in [1.165, 1.54) is 70.6 Å². The summed E-state index contributed by atoms with van der Waals surface area (Å²) in [6, 6.07) is 0. The van der Waals surface area contributed by atoms with Crippen molar-refractivity contribution in [2.45, 2.75) is 174 Å². The Balaban J connectivity index is 4.04. The molecule has 0 aromatic heterocycles. The number of phosphoric acid groups is 1. The van der Waals surface area contributed by atoms with E-state index < -0.39 is 32.5 Å². The van der Waals surface area contributed by atoms with Crippen LogP contribution in [0.5, 0.6) is 0 Å². The van der Waals surface area contributed by atoms with Gasteiger partial charge < -0.3 is 19.3 Å². The number of allylic oxidation sites excluding steroid dienone is 8. The first-order valence-electron chi connectivity index (χ1n) is 18.9. The van der Waals surface area contributed by atoms with E-state index in [-0.39, 0.29) is 19.4 Å². The second-order valence-electron chi connectivity index (χ2n) is 12.6. The highest BCUT2D eigenvalue weighted by Crippen LogP contribution is 2.36. The van der Waals surface area contributed by atoms with Gasteiger partial charge in [-0.05, 0) is 51.4 Å². The number of esters is 2. The fraction of sp³-hybridized carbons (Fsp3) is 0.744. The topological polar surface area (TPSA) is 119 Å². The summed E-state index contributed by atoms with van der Waals surface area (Å²) in [6.45, 7) is 3.58. The predicted octanol–water partition coefficient (Wildman–Crippen LogP) is 11.2. The molecule has 0 aliphatic heterocycles. The Morgan fingerprint density at radius 1 is 0.542 bits per heavy atom. The maximum absolute atomic E-state index is 12.3. The Hall–Kier alpha value is -1.99. The molecule has 1 atom stereocenters. The van der Waals surface area contributed by atoms with Crippen LogP contribution >= 0.6 is 7.82 Å². The van der Waals surface area contributed by atoms with E-state index in [1.54, 1.807) is 0 Å². The smallest absolute Gasteiger partial charge is 0.462 e. The zero-order valence-corrected chi connectivity index (χ0v) is 31.3. The van der Waals surface area contributed by atoms with Crippen LogP contribution in [-0.2, 0) is 28.2 Å². The van der Waals surface area contributed by atoms with Crippen LogP contribution in [0.2, 0.25) is 0 Å². The van der Waals surface area contributed by atoms with Gasteiger partial charge in [-0.3, -0.25) is 14.1 Å². The van der Waals surface area contributed by atoms with Crippen LogP contribution in [-0.4, -0.2) is 41.0 Å². The molecular weight excluding hydrogens is 627 g/mol. The number of phosphoric ester groups is 1. The van der Waals surface area contributed by atoms with Gasteiger partial charge in [0.05, 0.1) is 6.61 Å². The molecule has 0 radical (unpaired) electrons. The first-order chi connectivity index (χ1) is 23.3. The average molecular weight is 697 g/mol. The SMILES string of the molecule is CCC/C=C/C/C=C/C/C=C/C/C=C/CCCCCC(=O)O[C@H](COC(=O)CCCCCCCCCCCCCCC)COP(=O)(O)O. The first kappa shape index (κ1) is 46.0. The van der Waals surface area contributed by atoms with Gasteiger partial charge in [0.1, 0.15) is 6.61 Å². The van der Waals surface area contributed by atoms with E-state index in [2.05, 4.69) is 67.0 Å². The maximum Gasteiger partial charge on any atom is 0.469 e. The molecule has 0 unspecified atom stereocenters. The van der Waals surface area contributed by atoms with Crippen LogP contribution in [0.4, 0.5) is 0 Å². The summed E-state index contributed by atoms with van der Waals surface area (Å²) < 4.78 is 26.3. The molecule has 0 fully saturated rings. The molecule has 0 bridgehead atoms. The minimum atomic E-state index is -4.76. The van der Waals surface area contributed by atoms with E-state index in [0.717, 1.165) is 64.2 Å². The molecule has 0 saturated carbocycles. The normalized spacial score (nSPS) is 13.0. The lowest BCUT2D eigenvalue weighted by molar-refractivity contribution is -0.161. The van der Waals surface area contributed by atoms with E-state index >= 15 is 0 Å². The lowest BCUT2D eigenvalue weighted by Gasteiger charge is -2.18. The van der Waals surface area contributed by atoms with Crippen molar-refractivity contribution >= 4 is 19.8 Å². The number of carbonyl (C=O) groups is 2. The molecule has 0 aliphatic carbocycles. The molecule has 0 aliphatic rings. The van der Waals surface area contributed by atoms with Crippen LogP contribution in [0, 0.1) is 0 Å². The number of rotatable bonds is 34. The third kappa shape index (κ3) is 36.8. The largest absolute Gasteiger partial charge is 0.469 e. The molecule has 9 heteroatoms. The van der Waals surface area contributed by atoms with Gasteiger partial charge in [-0.15, -0.1) is 0 Å². The summed E-state index contributed by atoms with van der Waals surface area (Å²) >= 11 is 0. The first-order valence-corrected chi connectivity index (χ1v) is 20.5. The fourth-order valence-corrected chi connectivity index (χ4v) is 5.37. The van der Waals surface area contributed by atoms with E-state index in [1.807, 2.05) is 0 Å². The van der Waals surface area contributed by atoms with E-state index in [0.29, 0.717) is 6.42 Å². The van der Waals surface area contributed by atoms with Gasteiger partial charge in [0.2, 0.25) is 0 Å². The molecule has 0 amide bonds. The van der Waals surface area contributed by atoms with Gasteiger partial charge in [0.25, 0.3) is 0 Å². The molecule has 0 saturated heterocycles. The number of hydrogen-bond donors (Lipinski definition) is 2. The summed E-state index contributed by atoms with van der Waals surface area (Å²) in [4.78, 5) is 42.7. The van der Waals surface area contributed by atoms with Crippen LogP contribution in [0.15, 0.2) is 48.6 Å². The van der Waals surface area contributed by atoms with E-state index in [9.17, 15) is 14.2 Å². The van der Waals surface area contributed by atoms with Crippen molar-refractivity contribution in [2.24, 2.45) is 0 Å². The van der Waals surface area contributed by atoms with E-state index in [4.69, 9.17) is 19.3 Å². The molecule has 0 heterocycles. The van der Waals surface area contributed by atoms with Crippen molar-refractivity contribution < 1.29 is 37.9 Å². The molecule has 8 nitrogen and oxygen atoms in total. The van der Waals surface area contributed by atoms with Gasteiger partial charge in [0.15, 0.2) is 6.10 Å². The van der Waals surface area contributed by atoms with Gasteiger partial charge in [-0.25, -0.2) is 4.57 Å². The summed E-state index contributed by atoms with van der Waals surface area (Å²) in [5, 5.41) is 0. The van der Waals surface area contributed by atoms with Crippen molar-refractivity contribution in [2.75, 3.05) is 13.2 Å². The fourth-order valence-electron chi connectivity index (χ4n) is 5.01. The van der Waals surface area contributed by atoms with Crippen molar-refractivity contribution in [3.63, 3.8) is 0 Å². The molecule has 0 aromatic rings. The second-order valence-corrected chi connectivity index (χ2v) is 13.8. The van der Waals surface area contributed by atoms with Crippen molar-refractivity contribution in [1.29, 1.82) is 0 Å². The lowest BCUT2D eigenvalue weighted by Crippen LogP contribution is -2.29. The minimum Gasteiger partial charge on any atom is -0.462 e. The van der Waals surface area contributed by atoms with Crippen LogP contribution in [0.25, 0.3) is 0 Å². The Labute approximate surface area is 293 Å². The van der Waals surface area contributed by atoms with Crippen LogP contribution < -0.4 is 0 Å². The Bertz CT molecular complexity index is 921. The molecule has 278 valence electrons. The molecular formula is C39H69O8P. The summed E-state index contributed by atoms with van der Waals surface area (Å²) in [6.07, 6.45) is 41.1. The highest BCUT2D eigenvalue weighted by Gasteiger charge is 2.22. The van der Waals surface area contributed by atoms with Crippen molar-refractivity contribution in [3.8, 4) is 0 Å². The Morgan fingerprint density at radius 2 is 0.979 bits per heavy atom. The molecule has 48 heavy (non-hydrogen) atoms. The zero-order chi connectivity index (χ0) is 35.4. The maximum atomic E-state index is 12.3. The van der Waals surface area contributed by atoms with Crippen LogP contribution in [0.1, 0.15) is 168 Å². The second kappa shape index (κ2) is 34.9.